The van der Waals surface area contributed by atoms with E-state index in [2.05, 4.69) is 48.4 Å². The zero-order valence-electron chi connectivity index (χ0n) is 11.4. The molecule has 1 heterocycles. The van der Waals surface area contributed by atoms with Crippen LogP contribution in [-0.2, 0) is 6.54 Å². The standard InChI is InChI=1S/C13H25N3S/c1-11(2)14-7-5-6-12(3)16(4)8-13-9-17-10-15-13/h9-12,14H,5-8H2,1-4H3. The van der Waals surface area contributed by atoms with Gasteiger partial charge in [-0.05, 0) is 33.4 Å². The maximum absolute atomic E-state index is 4.32. The van der Waals surface area contributed by atoms with Gasteiger partial charge < -0.3 is 5.32 Å². The SMILES string of the molecule is CC(C)NCCCC(C)N(C)Cc1cscn1. The number of hydrogen-bond acceptors (Lipinski definition) is 4. The summed E-state index contributed by atoms with van der Waals surface area (Å²) >= 11 is 1.67. The van der Waals surface area contributed by atoms with Crippen molar-refractivity contribution in [2.75, 3.05) is 13.6 Å². The molecule has 1 rings (SSSR count). The van der Waals surface area contributed by atoms with Crippen LogP contribution in [0.3, 0.4) is 0 Å². The van der Waals surface area contributed by atoms with Gasteiger partial charge in [0.1, 0.15) is 0 Å². The Labute approximate surface area is 109 Å². The molecule has 0 saturated carbocycles. The molecule has 98 valence electrons. The molecule has 3 nitrogen and oxygen atoms in total. The summed E-state index contributed by atoms with van der Waals surface area (Å²) in [7, 11) is 2.18. The number of nitrogens with one attached hydrogen (secondary N) is 1. The molecule has 1 atom stereocenters. The molecule has 0 aromatic carbocycles. The Kier molecular flexibility index (Phi) is 6.70. The monoisotopic (exact) mass is 255 g/mol. The van der Waals surface area contributed by atoms with Gasteiger partial charge in [0.25, 0.3) is 0 Å². The van der Waals surface area contributed by atoms with Crippen molar-refractivity contribution < 1.29 is 0 Å². The summed E-state index contributed by atoms with van der Waals surface area (Å²) in [6, 6.07) is 1.21. The van der Waals surface area contributed by atoms with Gasteiger partial charge in [-0.1, -0.05) is 13.8 Å². The molecule has 1 N–H and O–H groups in total. The van der Waals surface area contributed by atoms with Gasteiger partial charge >= 0.3 is 0 Å². The molecular weight excluding hydrogens is 230 g/mol. The average molecular weight is 255 g/mol. The van der Waals surface area contributed by atoms with Crippen LogP contribution in [-0.4, -0.2) is 35.6 Å². The molecular formula is C13H25N3S. The molecule has 0 amide bonds. The van der Waals surface area contributed by atoms with E-state index in [9.17, 15) is 0 Å². The largest absolute Gasteiger partial charge is 0.315 e. The van der Waals surface area contributed by atoms with Gasteiger partial charge in [0.2, 0.25) is 0 Å². The lowest BCUT2D eigenvalue weighted by Gasteiger charge is -2.24. The predicted octanol–water partition coefficient (Wildman–Crippen LogP) is 2.74. The quantitative estimate of drug-likeness (QED) is 0.724. The Balaban J connectivity index is 2.16. The van der Waals surface area contributed by atoms with Crippen molar-refractivity contribution in [2.45, 2.75) is 52.2 Å². The van der Waals surface area contributed by atoms with E-state index in [0.29, 0.717) is 12.1 Å². The van der Waals surface area contributed by atoms with Crippen molar-refractivity contribution in [3.8, 4) is 0 Å². The van der Waals surface area contributed by atoms with Crippen molar-refractivity contribution in [2.24, 2.45) is 0 Å². The van der Waals surface area contributed by atoms with E-state index in [-0.39, 0.29) is 0 Å². The van der Waals surface area contributed by atoms with Crippen LogP contribution in [0.15, 0.2) is 10.9 Å². The van der Waals surface area contributed by atoms with E-state index < -0.39 is 0 Å². The van der Waals surface area contributed by atoms with Gasteiger partial charge in [-0.2, -0.15) is 0 Å². The van der Waals surface area contributed by atoms with E-state index in [1.807, 2.05) is 5.51 Å². The molecule has 0 bridgehead atoms. The molecule has 0 aliphatic heterocycles. The Bertz CT molecular complexity index is 285. The van der Waals surface area contributed by atoms with Crippen LogP contribution in [0.25, 0.3) is 0 Å². The molecule has 0 radical (unpaired) electrons. The van der Waals surface area contributed by atoms with Crippen LogP contribution in [0.2, 0.25) is 0 Å². The van der Waals surface area contributed by atoms with E-state index in [1.165, 1.54) is 18.5 Å². The second kappa shape index (κ2) is 7.80. The van der Waals surface area contributed by atoms with Crippen LogP contribution in [0.5, 0.6) is 0 Å². The molecule has 1 unspecified atom stereocenters. The minimum Gasteiger partial charge on any atom is -0.315 e. The first-order valence-electron chi connectivity index (χ1n) is 6.40. The highest BCUT2D eigenvalue weighted by atomic mass is 32.1. The fourth-order valence-corrected chi connectivity index (χ4v) is 2.29. The molecule has 4 heteroatoms. The van der Waals surface area contributed by atoms with E-state index in [0.717, 1.165) is 13.1 Å². The summed E-state index contributed by atoms with van der Waals surface area (Å²) in [4.78, 5) is 6.70. The van der Waals surface area contributed by atoms with Crippen molar-refractivity contribution in [3.63, 3.8) is 0 Å². The molecule has 1 aromatic rings. The summed E-state index contributed by atoms with van der Waals surface area (Å²) in [5, 5.41) is 5.58. The van der Waals surface area contributed by atoms with Crippen LogP contribution < -0.4 is 5.32 Å². The zero-order valence-corrected chi connectivity index (χ0v) is 12.3. The third-order valence-corrected chi connectivity index (χ3v) is 3.63. The molecule has 0 spiro atoms. The first-order chi connectivity index (χ1) is 8.09. The molecule has 17 heavy (non-hydrogen) atoms. The predicted molar refractivity (Wildman–Crippen MR) is 75.4 cm³/mol. The van der Waals surface area contributed by atoms with Gasteiger partial charge in [-0.15, -0.1) is 11.3 Å². The molecule has 0 aliphatic rings. The number of hydrogen-bond donors (Lipinski definition) is 1. The molecule has 0 aliphatic carbocycles. The minimum atomic E-state index is 0.595. The van der Waals surface area contributed by atoms with Gasteiger partial charge in [-0.25, -0.2) is 4.98 Å². The van der Waals surface area contributed by atoms with Crippen molar-refractivity contribution in [1.29, 1.82) is 0 Å². The average Bonchev–Trinajstić information content (AvgIpc) is 2.76. The highest BCUT2D eigenvalue weighted by molar-refractivity contribution is 7.07. The first-order valence-corrected chi connectivity index (χ1v) is 7.34. The maximum Gasteiger partial charge on any atom is 0.0795 e. The van der Waals surface area contributed by atoms with E-state index >= 15 is 0 Å². The third kappa shape index (κ3) is 6.15. The maximum atomic E-state index is 4.32. The number of nitrogens with zero attached hydrogens (tertiary/aromatic N) is 2. The third-order valence-electron chi connectivity index (χ3n) is 3.00. The second-order valence-electron chi connectivity index (χ2n) is 4.99. The summed E-state index contributed by atoms with van der Waals surface area (Å²) < 4.78 is 0. The minimum absolute atomic E-state index is 0.595. The van der Waals surface area contributed by atoms with Gasteiger partial charge in [0.15, 0.2) is 0 Å². The normalized spacial score (nSPS) is 13.5. The lowest BCUT2D eigenvalue weighted by molar-refractivity contribution is 0.232. The van der Waals surface area contributed by atoms with Crippen LogP contribution in [0, 0.1) is 0 Å². The van der Waals surface area contributed by atoms with Crippen LogP contribution >= 0.6 is 11.3 Å². The Morgan fingerprint density at radius 2 is 2.18 bits per heavy atom. The summed E-state index contributed by atoms with van der Waals surface area (Å²) in [5.41, 5.74) is 3.09. The van der Waals surface area contributed by atoms with E-state index in [1.54, 1.807) is 11.3 Å². The molecule has 0 fully saturated rings. The fraction of sp³-hybridized carbons (Fsp3) is 0.769. The van der Waals surface area contributed by atoms with Crippen LogP contribution in [0.1, 0.15) is 39.3 Å². The van der Waals surface area contributed by atoms with Gasteiger partial charge in [0.05, 0.1) is 11.2 Å². The smallest absolute Gasteiger partial charge is 0.0795 e. The number of rotatable bonds is 8. The summed E-state index contributed by atoms with van der Waals surface area (Å²) in [6.07, 6.45) is 2.47. The highest BCUT2D eigenvalue weighted by Gasteiger charge is 2.10. The summed E-state index contributed by atoms with van der Waals surface area (Å²) in [6.45, 7) is 8.76. The molecule has 1 aromatic heterocycles. The Morgan fingerprint density at radius 3 is 2.76 bits per heavy atom. The van der Waals surface area contributed by atoms with E-state index in [4.69, 9.17) is 0 Å². The topological polar surface area (TPSA) is 28.2 Å². The zero-order chi connectivity index (χ0) is 12.7. The Hall–Kier alpha value is -0.450. The number of thiazole rings is 1. The highest BCUT2D eigenvalue weighted by Crippen LogP contribution is 2.10. The lowest BCUT2D eigenvalue weighted by atomic mass is 10.1. The Morgan fingerprint density at radius 1 is 1.41 bits per heavy atom. The van der Waals surface area contributed by atoms with Crippen LogP contribution in [0.4, 0.5) is 0 Å². The van der Waals surface area contributed by atoms with Crippen molar-refractivity contribution in [1.82, 2.24) is 15.2 Å². The first kappa shape index (κ1) is 14.6. The number of aromatic nitrogens is 1. The molecule has 0 saturated heterocycles. The lowest BCUT2D eigenvalue weighted by Crippen LogP contribution is -2.30. The second-order valence-corrected chi connectivity index (χ2v) is 5.71. The van der Waals surface area contributed by atoms with Gasteiger partial charge in [0, 0.05) is 24.0 Å². The van der Waals surface area contributed by atoms with Crippen molar-refractivity contribution in [3.05, 3.63) is 16.6 Å². The summed E-state index contributed by atoms with van der Waals surface area (Å²) in [5.74, 6) is 0. The van der Waals surface area contributed by atoms with Crippen molar-refractivity contribution >= 4 is 11.3 Å². The fourth-order valence-electron chi connectivity index (χ4n) is 1.74. The van der Waals surface area contributed by atoms with Gasteiger partial charge in [-0.3, -0.25) is 4.90 Å².